The Morgan fingerprint density at radius 3 is 2.42 bits per heavy atom. The van der Waals surface area contributed by atoms with E-state index < -0.39 is 38.0 Å². The van der Waals surface area contributed by atoms with Gasteiger partial charge in [0.2, 0.25) is 5.13 Å². The number of nitrogens with zero attached hydrogens (tertiary/aromatic N) is 3. The van der Waals surface area contributed by atoms with Gasteiger partial charge in [0.15, 0.2) is 0 Å². The number of benzene rings is 2. The molecule has 214 valence electrons. The van der Waals surface area contributed by atoms with Gasteiger partial charge in [0.05, 0.1) is 5.02 Å². The molecule has 0 spiro atoms. The lowest BCUT2D eigenvalue weighted by molar-refractivity contribution is -0.199. The number of rotatable bonds is 8. The molecule has 15 heteroatoms. The highest BCUT2D eigenvalue weighted by atomic mass is 35.5. The molecule has 1 aromatic heterocycles. The molecular formula is C25H22ClF4N3O5S2. The van der Waals surface area contributed by atoms with Crippen molar-refractivity contribution in [2.45, 2.75) is 61.5 Å². The third-order valence-corrected chi connectivity index (χ3v) is 9.50. The van der Waals surface area contributed by atoms with E-state index >= 15 is 4.39 Å². The van der Waals surface area contributed by atoms with E-state index in [-0.39, 0.29) is 33.4 Å². The molecule has 0 saturated carbocycles. The maximum absolute atomic E-state index is 15.2. The molecule has 0 aliphatic carbocycles. The second-order valence-electron chi connectivity index (χ2n) is 9.39. The smallest absolute Gasteiger partial charge is 0.489 e. The first kappa shape index (κ1) is 28.6. The SMILES string of the molecule is O=C(ON(c1nccs1)S(=O)(=O)c1cc(Cl)c(O[C@@H]2C[C@H]3CC[C@@H](C2)N3Cc2ccccc2)cc1F)C(F)(F)F. The molecule has 2 saturated heterocycles. The van der Waals surface area contributed by atoms with Crippen LogP contribution in [0.2, 0.25) is 5.02 Å². The molecule has 2 fully saturated rings. The first-order chi connectivity index (χ1) is 18.9. The fraction of sp³-hybridized carbons (Fsp3) is 0.360. The number of hydrogen-bond acceptors (Lipinski definition) is 8. The van der Waals surface area contributed by atoms with Crippen molar-refractivity contribution in [1.82, 2.24) is 9.88 Å². The fourth-order valence-corrected chi connectivity index (χ4v) is 7.42. The van der Waals surface area contributed by atoms with Crippen molar-refractivity contribution in [3.05, 3.63) is 70.4 Å². The first-order valence-electron chi connectivity index (χ1n) is 12.1. The average molecular weight is 620 g/mol. The van der Waals surface area contributed by atoms with Crippen molar-refractivity contribution in [2.24, 2.45) is 0 Å². The minimum atomic E-state index is -5.52. The number of fused-ring (bicyclic) bond motifs is 2. The number of sulfonamides is 1. The van der Waals surface area contributed by atoms with Gasteiger partial charge in [0.25, 0.3) is 0 Å². The van der Waals surface area contributed by atoms with Crippen LogP contribution >= 0.6 is 22.9 Å². The van der Waals surface area contributed by atoms with Gasteiger partial charge >= 0.3 is 22.2 Å². The molecule has 2 aliphatic heterocycles. The van der Waals surface area contributed by atoms with E-state index in [0.717, 1.165) is 31.6 Å². The highest BCUT2D eigenvalue weighted by molar-refractivity contribution is 7.92. The summed E-state index contributed by atoms with van der Waals surface area (Å²) in [4.78, 5) is 20.4. The van der Waals surface area contributed by atoms with E-state index in [2.05, 4.69) is 26.9 Å². The zero-order chi connectivity index (χ0) is 28.7. The third kappa shape index (κ3) is 5.90. The minimum Gasteiger partial charge on any atom is -0.489 e. The number of hydrogen-bond donors (Lipinski definition) is 0. The summed E-state index contributed by atoms with van der Waals surface area (Å²) >= 11 is 6.83. The van der Waals surface area contributed by atoms with Crippen LogP contribution < -0.4 is 9.21 Å². The molecule has 5 rings (SSSR count). The Morgan fingerprint density at radius 2 is 1.82 bits per heavy atom. The van der Waals surface area contributed by atoms with Gasteiger partial charge in [-0.3, -0.25) is 4.90 Å². The highest BCUT2D eigenvalue weighted by Gasteiger charge is 2.46. The Hall–Kier alpha value is -2.94. The van der Waals surface area contributed by atoms with Crippen LogP contribution in [0.3, 0.4) is 0 Å². The van der Waals surface area contributed by atoms with Crippen molar-refractivity contribution < 1.29 is 40.3 Å². The van der Waals surface area contributed by atoms with E-state index in [9.17, 15) is 26.4 Å². The summed E-state index contributed by atoms with van der Waals surface area (Å²) in [5, 5.41) is 0.309. The molecular weight excluding hydrogens is 598 g/mol. The van der Waals surface area contributed by atoms with E-state index in [1.807, 2.05) is 18.2 Å². The van der Waals surface area contributed by atoms with Crippen LogP contribution in [-0.2, 0) is 26.2 Å². The van der Waals surface area contributed by atoms with E-state index in [1.54, 1.807) is 0 Å². The lowest BCUT2D eigenvalue weighted by atomic mass is 9.98. The number of halogens is 5. The van der Waals surface area contributed by atoms with Gasteiger partial charge in [0, 0.05) is 36.3 Å². The minimum absolute atomic E-state index is 0.105. The lowest BCUT2D eigenvalue weighted by Gasteiger charge is -2.39. The molecule has 2 bridgehead atoms. The van der Waals surface area contributed by atoms with Gasteiger partial charge in [-0.05, 0) is 37.3 Å². The predicted octanol–water partition coefficient (Wildman–Crippen LogP) is 5.73. The van der Waals surface area contributed by atoms with Gasteiger partial charge in [0.1, 0.15) is 22.6 Å². The second kappa shape index (κ2) is 11.1. The fourth-order valence-electron chi connectivity index (χ4n) is 5.06. The number of piperidine rings is 1. The normalized spacial score (nSPS) is 21.3. The van der Waals surface area contributed by atoms with Gasteiger partial charge in [-0.25, -0.2) is 14.2 Å². The van der Waals surface area contributed by atoms with Crippen molar-refractivity contribution in [2.75, 3.05) is 4.47 Å². The van der Waals surface area contributed by atoms with Crippen LogP contribution in [-0.4, -0.2) is 48.6 Å². The largest absolute Gasteiger partial charge is 0.493 e. The average Bonchev–Trinajstić information content (AvgIpc) is 3.50. The summed E-state index contributed by atoms with van der Waals surface area (Å²) in [5.74, 6) is -4.29. The van der Waals surface area contributed by atoms with E-state index in [0.29, 0.717) is 30.2 Å². The number of alkyl halides is 3. The zero-order valence-corrected chi connectivity index (χ0v) is 22.9. The Morgan fingerprint density at radius 1 is 1.15 bits per heavy atom. The van der Waals surface area contributed by atoms with Crippen molar-refractivity contribution in [1.29, 1.82) is 0 Å². The Labute approximate surface area is 236 Å². The van der Waals surface area contributed by atoms with Crippen molar-refractivity contribution in [3.63, 3.8) is 0 Å². The Bertz CT molecular complexity index is 1460. The van der Waals surface area contributed by atoms with Crippen LogP contribution in [0, 0.1) is 5.82 Å². The molecule has 0 radical (unpaired) electrons. The first-order valence-corrected chi connectivity index (χ1v) is 14.8. The molecule has 8 nitrogen and oxygen atoms in total. The van der Waals surface area contributed by atoms with Crippen molar-refractivity contribution in [3.8, 4) is 5.75 Å². The molecule has 3 aromatic rings. The number of aromatic nitrogens is 1. The second-order valence-corrected chi connectivity index (χ2v) is 12.4. The van der Waals surface area contributed by atoms with Gasteiger partial charge in [-0.15, -0.1) is 11.3 Å². The molecule has 2 aromatic carbocycles. The van der Waals surface area contributed by atoms with Crippen LogP contribution in [0.4, 0.5) is 22.7 Å². The molecule has 0 unspecified atom stereocenters. The quantitative estimate of drug-likeness (QED) is 0.235. The highest BCUT2D eigenvalue weighted by Crippen LogP contribution is 2.40. The van der Waals surface area contributed by atoms with Crippen LogP contribution in [0.1, 0.15) is 31.2 Å². The van der Waals surface area contributed by atoms with Crippen LogP contribution in [0.15, 0.2) is 58.9 Å². The topological polar surface area (TPSA) is 89.0 Å². The van der Waals surface area contributed by atoms with Crippen LogP contribution in [0.5, 0.6) is 5.75 Å². The van der Waals surface area contributed by atoms with Gasteiger partial charge in [-0.1, -0.05) is 46.4 Å². The molecule has 0 N–H and O–H groups in total. The number of carbonyl (C=O) groups excluding carboxylic acids is 1. The summed E-state index contributed by atoms with van der Waals surface area (Å²) in [6.45, 7) is 0.805. The number of thiazole rings is 1. The summed E-state index contributed by atoms with van der Waals surface area (Å²) in [7, 11) is -5.21. The van der Waals surface area contributed by atoms with Gasteiger partial charge in [-0.2, -0.15) is 21.6 Å². The predicted molar refractivity (Wildman–Crippen MR) is 138 cm³/mol. The summed E-state index contributed by atoms with van der Waals surface area (Å²) in [5.41, 5.74) is 1.20. The number of carbonyl (C=O) groups is 1. The molecule has 2 aliphatic rings. The summed E-state index contributed by atoms with van der Waals surface area (Å²) < 4.78 is 85.6. The number of ether oxygens (including phenoxy) is 1. The Balaban J connectivity index is 1.34. The summed E-state index contributed by atoms with van der Waals surface area (Å²) in [6, 6.07) is 12.1. The summed E-state index contributed by atoms with van der Waals surface area (Å²) in [6.07, 6.45) is -1.46. The maximum atomic E-state index is 15.2. The molecule has 40 heavy (non-hydrogen) atoms. The Kier molecular flexibility index (Phi) is 7.97. The zero-order valence-electron chi connectivity index (χ0n) is 20.6. The molecule has 0 amide bonds. The standard InChI is InChI=1S/C25H22ClF4N3O5S2/c26-19-12-22(40(35,36)33(24-31-8-9-39-24)38-23(34)25(28,29)30)20(27)13-21(19)37-18-10-16-6-7-17(11-18)32(16)14-15-4-2-1-3-5-15/h1-5,8-9,12-13,16-18H,6-7,10-11,14H2/t16-,17+,18-. The maximum Gasteiger partial charge on any atom is 0.493 e. The number of anilines is 1. The van der Waals surface area contributed by atoms with E-state index in [1.165, 1.54) is 10.9 Å². The van der Waals surface area contributed by atoms with E-state index in [4.69, 9.17) is 16.3 Å². The third-order valence-electron chi connectivity index (χ3n) is 6.80. The lowest BCUT2D eigenvalue weighted by Crippen LogP contribution is -2.45. The molecule has 3 atom stereocenters. The molecule has 3 heterocycles. The van der Waals surface area contributed by atoms with Gasteiger partial charge < -0.3 is 9.57 Å². The monoisotopic (exact) mass is 619 g/mol. The van der Waals surface area contributed by atoms with Crippen LogP contribution in [0.25, 0.3) is 0 Å². The van der Waals surface area contributed by atoms with Crippen molar-refractivity contribution >= 4 is 44.1 Å².